The van der Waals surface area contributed by atoms with E-state index < -0.39 is 8.07 Å². The van der Waals surface area contributed by atoms with Gasteiger partial charge in [0.15, 0.2) is 0 Å². The molecule has 0 fully saturated rings. The molecule has 1 aromatic carbocycles. The largest absolute Gasteiger partial charge is 0.466 e. The lowest BCUT2D eigenvalue weighted by Crippen LogP contribution is -2.20. The molecule has 2 rings (SSSR count). The maximum Gasteiger partial charge on any atom is 0.108 e. The van der Waals surface area contributed by atoms with Crippen LogP contribution in [0, 0.1) is 6.92 Å². The van der Waals surface area contributed by atoms with Crippen LogP contribution < -0.4 is 0 Å². The molecule has 0 saturated carbocycles. The zero-order valence-corrected chi connectivity index (χ0v) is 15.2. The average Bonchev–Trinajstić information content (AvgIpc) is 2.81. The number of hydrogen-bond donors (Lipinski definition) is 0. The van der Waals surface area contributed by atoms with Crippen LogP contribution in [0.25, 0.3) is 0 Å². The van der Waals surface area contributed by atoms with Crippen molar-refractivity contribution in [1.82, 2.24) is 0 Å². The number of allylic oxidation sites excluding steroid dienone is 1. The molecule has 0 aliphatic heterocycles. The highest BCUT2D eigenvalue weighted by atomic mass is 32.2. The van der Waals surface area contributed by atoms with Gasteiger partial charge in [0.2, 0.25) is 0 Å². The Morgan fingerprint density at radius 2 is 1.81 bits per heavy atom. The van der Waals surface area contributed by atoms with Crippen LogP contribution in [0.1, 0.15) is 11.5 Å². The molecule has 0 N–H and O–H groups in total. The zero-order chi connectivity index (χ0) is 15.3. The molecule has 0 bridgehead atoms. The summed E-state index contributed by atoms with van der Waals surface area (Å²) in [4.78, 5) is 1.29. The number of aryl methyl sites for hydroxylation is 1. The van der Waals surface area contributed by atoms with Gasteiger partial charge in [-0.05, 0) is 42.6 Å². The minimum atomic E-state index is -1.13. The van der Waals surface area contributed by atoms with Crippen LogP contribution >= 0.6 is 11.8 Å². The first-order valence-corrected chi connectivity index (χ1v) is 12.0. The molecule has 0 aliphatic carbocycles. The molecule has 0 spiro atoms. The van der Waals surface area contributed by atoms with E-state index in [0.717, 1.165) is 17.9 Å². The van der Waals surface area contributed by atoms with Gasteiger partial charge in [-0.1, -0.05) is 55.2 Å². The Hall–Kier alpha value is -1.19. The van der Waals surface area contributed by atoms with Gasteiger partial charge >= 0.3 is 0 Å². The van der Waals surface area contributed by atoms with Crippen molar-refractivity contribution < 1.29 is 4.42 Å². The first kappa shape index (κ1) is 16.2. The highest BCUT2D eigenvalue weighted by Gasteiger charge is 2.16. The molecule has 0 aliphatic rings. The topological polar surface area (TPSA) is 13.1 Å². The molecule has 1 nitrogen and oxygen atoms in total. The van der Waals surface area contributed by atoms with E-state index >= 15 is 0 Å². The number of rotatable bonds is 6. The van der Waals surface area contributed by atoms with Crippen LogP contribution in [0.3, 0.4) is 0 Å². The van der Waals surface area contributed by atoms with Crippen molar-refractivity contribution in [2.24, 2.45) is 0 Å². The molecule has 21 heavy (non-hydrogen) atoms. The van der Waals surface area contributed by atoms with Crippen molar-refractivity contribution in [2.75, 3.05) is 0 Å². The second-order valence-corrected chi connectivity index (χ2v) is 13.1. The molecule has 0 amide bonds. The Morgan fingerprint density at radius 1 is 1.10 bits per heavy atom. The van der Waals surface area contributed by atoms with Crippen LogP contribution in [0.4, 0.5) is 0 Å². The summed E-state index contributed by atoms with van der Waals surface area (Å²) >= 11 is 1.81. The van der Waals surface area contributed by atoms with E-state index in [9.17, 15) is 0 Å². The predicted octanol–water partition coefficient (Wildman–Crippen LogP) is 6.14. The zero-order valence-electron chi connectivity index (χ0n) is 13.3. The van der Waals surface area contributed by atoms with Gasteiger partial charge in [0.1, 0.15) is 11.5 Å². The Labute approximate surface area is 133 Å². The fourth-order valence-corrected chi connectivity index (χ4v) is 4.80. The van der Waals surface area contributed by atoms with E-state index in [1.165, 1.54) is 16.5 Å². The lowest BCUT2D eigenvalue weighted by Gasteiger charge is -2.18. The van der Waals surface area contributed by atoms with Gasteiger partial charge in [-0.15, -0.1) is 0 Å². The first-order valence-electron chi connectivity index (χ1n) is 7.37. The maximum atomic E-state index is 5.75. The highest BCUT2D eigenvalue weighted by molar-refractivity contribution is 8.02. The molecular formula is C18H24OSSi. The van der Waals surface area contributed by atoms with Gasteiger partial charge < -0.3 is 4.42 Å². The quantitative estimate of drug-likeness (QED) is 0.468. The summed E-state index contributed by atoms with van der Waals surface area (Å²) in [5, 5.41) is 2.32. The predicted molar refractivity (Wildman–Crippen MR) is 95.7 cm³/mol. The van der Waals surface area contributed by atoms with Crippen molar-refractivity contribution in [2.45, 2.75) is 43.9 Å². The fourth-order valence-electron chi connectivity index (χ4n) is 2.28. The smallest absolute Gasteiger partial charge is 0.108 e. The van der Waals surface area contributed by atoms with E-state index in [2.05, 4.69) is 61.4 Å². The van der Waals surface area contributed by atoms with E-state index in [4.69, 9.17) is 4.42 Å². The second-order valence-electron chi connectivity index (χ2n) is 6.63. The van der Waals surface area contributed by atoms with Crippen LogP contribution in [-0.2, 0) is 6.42 Å². The number of benzene rings is 1. The Balaban J connectivity index is 2.11. The number of hydrogen-bond acceptors (Lipinski definition) is 2. The first-order chi connectivity index (χ1) is 9.92. The summed E-state index contributed by atoms with van der Waals surface area (Å²) in [7, 11) is -1.13. The van der Waals surface area contributed by atoms with Gasteiger partial charge in [0.25, 0.3) is 0 Å². The van der Waals surface area contributed by atoms with Gasteiger partial charge in [0, 0.05) is 19.4 Å². The SMILES string of the molecule is Cc1ccc(C/C(=C/Sc2ccccc2)C[Si](C)(C)C)o1. The summed E-state index contributed by atoms with van der Waals surface area (Å²) in [6, 6.07) is 15.9. The maximum absolute atomic E-state index is 5.75. The second kappa shape index (κ2) is 7.19. The molecule has 3 heteroatoms. The summed E-state index contributed by atoms with van der Waals surface area (Å²) in [6.07, 6.45) is 0.929. The van der Waals surface area contributed by atoms with E-state index in [0.29, 0.717) is 0 Å². The average molecular weight is 317 g/mol. The van der Waals surface area contributed by atoms with Gasteiger partial charge in [-0.2, -0.15) is 0 Å². The molecule has 2 aromatic rings. The monoisotopic (exact) mass is 316 g/mol. The van der Waals surface area contributed by atoms with Crippen LogP contribution in [0.15, 0.2) is 62.8 Å². The van der Waals surface area contributed by atoms with Gasteiger partial charge in [-0.3, -0.25) is 0 Å². The Morgan fingerprint density at radius 3 is 2.38 bits per heavy atom. The van der Waals surface area contributed by atoms with Crippen molar-refractivity contribution >= 4 is 19.8 Å². The van der Waals surface area contributed by atoms with E-state index in [1.807, 2.05) is 24.8 Å². The molecule has 0 radical (unpaired) electrons. The van der Waals surface area contributed by atoms with E-state index in [-0.39, 0.29) is 0 Å². The Bertz CT molecular complexity index is 593. The number of furan rings is 1. The molecule has 0 saturated heterocycles. The van der Waals surface area contributed by atoms with Crippen LogP contribution in [0.2, 0.25) is 25.7 Å². The fraction of sp³-hybridized carbons (Fsp3) is 0.333. The minimum Gasteiger partial charge on any atom is -0.466 e. The summed E-state index contributed by atoms with van der Waals surface area (Å²) in [5.41, 5.74) is 1.48. The number of thioether (sulfide) groups is 1. The molecule has 1 heterocycles. The summed E-state index contributed by atoms with van der Waals surface area (Å²) in [5.74, 6) is 2.07. The molecule has 1 aromatic heterocycles. The molecule has 0 unspecified atom stereocenters. The van der Waals surface area contributed by atoms with Crippen molar-refractivity contribution in [3.05, 3.63) is 65.0 Å². The Kier molecular flexibility index (Phi) is 5.54. The molecule has 0 atom stereocenters. The highest BCUT2D eigenvalue weighted by Crippen LogP contribution is 2.27. The normalized spacial score (nSPS) is 12.7. The van der Waals surface area contributed by atoms with Crippen LogP contribution in [0.5, 0.6) is 0 Å². The third-order valence-corrected chi connectivity index (χ3v) is 5.57. The van der Waals surface area contributed by atoms with Gasteiger partial charge in [0.05, 0.1) is 0 Å². The molecular weight excluding hydrogens is 292 g/mol. The standard InChI is InChI=1S/C18H24OSSi/c1-15-10-11-17(19-15)12-16(14-21(2,3)4)13-20-18-8-6-5-7-9-18/h5-11,13H,12,14H2,1-4H3/b16-13-. The summed E-state index contributed by atoms with van der Waals surface area (Å²) in [6.45, 7) is 9.26. The van der Waals surface area contributed by atoms with E-state index in [1.54, 1.807) is 0 Å². The van der Waals surface area contributed by atoms with Crippen molar-refractivity contribution in [3.63, 3.8) is 0 Å². The van der Waals surface area contributed by atoms with Gasteiger partial charge in [-0.25, -0.2) is 0 Å². The third kappa shape index (κ3) is 5.98. The van der Waals surface area contributed by atoms with Crippen LogP contribution in [-0.4, -0.2) is 8.07 Å². The third-order valence-electron chi connectivity index (χ3n) is 3.06. The minimum absolute atomic E-state index is 0.929. The lowest BCUT2D eigenvalue weighted by molar-refractivity contribution is 0.492. The van der Waals surface area contributed by atoms with Crippen molar-refractivity contribution in [3.8, 4) is 0 Å². The van der Waals surface area contributed by atoms with Crippen molar-refractivity contribution in [1.29, 1.82) is 0 Å². The molecule has 112 valence electrons. The lowest BCUT2D eigenvalue weighted by atomic mass is 10.2. The summed E-state index contributed by atoms with van der Waals surface area (Å²) < 4.78 is 5.75.